The molecule has 0 heterocycles. The molecule has 4 nitrogen and oxygen atoms in total. The van der Waals surface area contributed by atoms with Crippen molar-refractivity contribution in [3.63, 3.8) is 0 Å². The Morgan fingerprint density at radius 3 is 2.00 bits per heavy atom. The van der Waals surface area contributed by atoms with Crippen LogP contribution in [0.25, 0.3) is 0 Å². The molecule has 0 aliphatic heterocycles. The minimum atomic E-state index is -0.972. The predicted octanol–water partition coefficient (Wildman–Crippen LogP) is -0.345. The monoisotopic (exact) mass is 132 g/mol. The number of likely N-dealkylation sites (N-methyl/N-ethyl adjacent to an activating group) is 1. The number of hydrogen-bond acceptors (Lipinski definition) is 3. The molecule has 0 saturated carbocycles. The van der Waals surface area contributed by atoms with Crippen molar-refractivity contribution in [2.24, 2.45) is 5.84 Å². The summed E-state index contributed by atoms with van der Waals surface area (Å²) in [4.78, 5) is 10.3. The van der Waals surface area contributed by atoms with Gasteiger partial charge in [-0.1, -0.05) is 0 Å². The molecule has 0 amide bonds. The van der Waals surface area contributed by atoms with E-state index < -0.39 is 11.5 Å². The van der Waals surface area contributed by atoms with Gasteiger partial charge in [-0.3, -0.25) is 10.6 Å². The lowest BCUT2D eigenvalue weighted by atomic mass is 10.1. The fraction of sp³-hybridized carbons (Fsp3) is 0.800. The highest BCUT2D eigenvalue weighted by Crippen LogP contribution is 2.06. The molecule has 0 atom stereocenters. The summed E-state index contributed by atoms with van der Waals surface area (Å²) in [5, 5.41) is 9.65. The summed E-state index contributed by atoms with van der Waals surface area (Å²) >= 11 is 0. The van der Waals surface area contributed by atoms with Crippen molar-refractivity contribution in [2.45, 2.75) is 19.4 Å². The van der Waals surface area contributed by atoms with Gasteiger partial charge in [-0.25, -0.2) is 5.01 Å². The highest BCUT2D eigenvalue weighted by atomic mass is 16.4. The Hall–Kier alpha value is -0.610. The van der Waals surface area contributed by atoms with Crippen LogP contribution in [0.15, 0.2) is 0 Å². The normalized spacial score (nSPS) is 12.1. The molecule has 0 saturated heterocycles. The molecule has 0 fully saturated rings. The molecule has 0 aliphatic carbocycles. The Bertz CT molecular complexity index is 120. The van der Waals surface area contributed by atoms with E-state index in [1.165, 1.54) is 20.9 Å². The number of hydrazine groups is 1. The van der Waals surface area contributed by atoms with Gasteiger partial charge in [0.1, 0.15) is 5.54 Å². The molecule has 0 radical (unpaired) electrons. The van der Waals surface area contributed by atoms with Crippen molar-refractivity contribution in [2.75, 3.05) is 7.05 Å². The quantitative estimate of drug-likeness (QED) is 0.398. The number of rotatable bonds is 2. The van der Waals surface area contributed by atoms with Gasteiger partial charge in [-0.15, -0.1) is 0 Å². The molecule has 0 aromatic heterocycles. The van der Waals surface area contributed by atoms with Crippen LogP contribution in [-0.4, -0.2) is 28.7 Å². The largest absolute Gasteiger partial charge is 0.480 e. The second-order valence-corrected chi connectivity index (χ2v) is 2.48. The van der Waals surface area contributed by atoms with E-state index in [0.717, 1.165) is 5.01 Å². The Labute approximate surface area is 54.2 Å². The standard InChI is InChI=1S/C5H12N2O2/c1-5(2,4(8)9)7(3)6/h6H2,1-3H3,(H,8,9). The SMILES string of the molecule is CN(N)C(C)(C)C(=O)O. The van der Waals surface area contributed by atoms with Crippen LogP contribution in [-0.2, 0) is 4.79 Å². The summed E-state index contributed by atoms with van der Waals surface area (Å²) in [5.74, 6) is 4.30. The first-order chi connectivity index (χ1) is 3.89. The number of carboxylic acid groups (broad SMARTS) is 1. The number of nitrogens with zero attached hydrogens (tertiary/aromatic N) is 1. The summed E-state index contributed by atoms with van der Waals surface area (Å²) in [7, 11) is 1.52. The number of carbonyl (C=O) groups is 1. The average Bonchev–Trinajstić information content (AvgIpc) is 1.65. The molecule has 0 aromatic carbocycles. The van der Waals surface area contributed by atoms with Crippen LogP contribution >= 0.6 is 0 Å². The molecule has 9 heavy (non-hydrogen) atoms. The molecule has 0 spiro atoms. The number of carboxylic acids is 1. The molecule has 0 rings (SSSR count). The molecule has 0 unspecified atom stereocenters. The zero-order chi connectivity index (χ0) is 7.65. The second kappa shape index (κ2) is 2.33. The van der Waals surface area contributed by atoms with Gasteiger partial charge in [0.15, 0.2) is 0 Å². The van der Waals surface area contributed by atoms with Gasteiger partial charge in [-0.05, 0) is 13.8 Å². The van der Waals surface area contributed by atoms with E-state index in [4.69, 9.17) is 10.9 Å². The lowest BCUT2D eigenvalue weighted by molar-refractivity contribution is -0.148. The van der Waals surface area contributed by atoms with E-state index in [-0.39, 0.29) is 0 Å². The van der Waals surface area contributed by atoms with Crippen LogP contribution in [0.2, 0.25) is 0 Å². The lowest BCUT2D eigenvalue weighted by Gasteiger charge is -2.26. The summed E-state index contributed by atoms with van der Waals surface area (Å²) in [6.07, 6.45) is 0. The van der Waals surface area contributed by atoms with Crippen molar-refractivity contribution < 1.29 is 9.90 Å². The van der Waals surface area contributed by atoms with Gasteiger partial charge in [0.05, 0.1) is 0 Å². The molecular formula is C5H12N2O2. The Balaban J connectivity index is 4.19. The van der Waals surface area contributed by atoms with Gasteiger partial charge < -0.3 is 5.11 Å². The zero-order valence-electron chi connectivity index (χ0n) is 5.88. The predicted molar refractivity (Wildman–Crippen MR) is 33.7 cm³/mol. The molecule has 0 bridgehead atoms. The Morgan fingerprint density at radius 2 is 2.00 bits per heavy atom. The molecule has 0 aliphatic rings. The van der Waals surface area contributed by atoms with E-state index >= 15 is 0 Å². The molecule has 0 aromatic rings. The number of hydrogen-bond donors (Lipinski definition) is 2. The highest BCUT2D eigenvalue weighted by molar-refractivity contribution is 5.77. The minimum Gasteiger partial charge on any atom is -0.480 e. The van der Waals surface area contributed by atoms with Gasteiger partial charge in [0, 0.05) is 7.05 Å². The third-order valence-electron chi connectivity index (χ3n) is 1.41. The maximum absolute atomic E-state index is 10.3. The summed E-state index contributed by atoms with van der Waals surface area (Å²) in [6.45, 7) is 3.07. The smallest absolute Gasteiger partial charge is 0.324 e. The van der Waals surface area contributed by atoms with Crippen LogP contribution in [0.5, 0.6) is 0 Å². The van der Waals surface area contributed by atoms with Crippen LogP contribution < -0.4 is 5.84 Å². The molecule has 54 valence electrons. The van der Waals surface area contributed by atoms with Gasteiger partial charge >= 0.3 is 5.97 Å². The van der Waals surface area contributed by atoms with E-state index in [1.807, 2.05) is 0 Å². The van der Waals surface area contributed by atoms with Crippen molar-refractivity contribution >= 4 is 5.97 Å². The number of aliphatic carboxylic acids is 1. The zero-order valence-corrected chi connectivity index (χ0v) is 5.88. The van der Waals surface area contributed by atoms with Crippen molar-refractivity contribution in [1.82, 2.24) is 5.01 Å². The average molecular weight is 132 g/mol. The molecular weight excluding hydrogens is 120 g/mol. The first-order valence-corrected chi connectivity index (χ1v) is 2.61. The van der Waals surface area contributed by atoms with Crippen LogP contribution in [0, 0.1) is 0 Å². The number of nitrogens with two attached hydrogens (primary N) is 1. The van der Waals surface area contributed by atoms with E-state index in [1.54, 1.807) is 0 Å². The Morgan fingerprint density at radius 1 is 1.67 bits per heavy atom. The Kier molecular flexibility index (Phi) is 2.17. The van der Waals surface area contributed by atoms with Crippen molar-refractivity contribution in [3.8, 4) is 0 Å². The van der Waals surface area contributed by atoms with E-state index in [9.17, 15) is 4.79 Å². The maximum Gasteiger partial charge on any atom is 0.324 e. The fourth-order valence-corrected chi connectivity index (χ4v) is 0.151. The van der Waals surface area contributed by atoms with Gasteiger partial charge in [0.2, 0.25) is 0 Å². The minimum absolute atomic E-state index is 0.924. The summed E-state index contributed by atoms with van der Waals surface area (Å²) in [5.41, 5.74) is -0.972. The third-order valence-corrected chi connectivity index (χ3v) is 1.41. The molecule has 4 heteroatoms. The first-order valence-electron chi connectivity index (χ1n) is 2.61. The van der Waals surface area contributed by atoms with E-state index in [2.05, 4.69) is 0 Å². The second-order valence-electron chi connectivity index (χ2n) is 2.48. The fourth-order valence-electron chi connectivity index (χ4n) is 0.151. The van der Waals surface area contributed by atoms with Gasteiger partial charge in [0.25, 0.3) is 0 Å². The summed E-state index contributed by atoms with van der Waals surface area (Å²) < 4.78 is 0. The van der Waals surface area contributed by atoms with Crippen molar-refractivity contribution in [1.29, 1.82) is 0 Å². The summed E-state index contributed by atoms with van der Waals surface area (Å²) in [6, 6.07) is 0. The van der Waals surface area contributed by atoms with Crippen LogP contribution in [0.1, 0.15) is 13.8 Å². The van der Waals surface area contributed by atoms with E-state index in [0.29, 0.717) is 0 Å². The lowest BCUT2D eigenvalue weighted by Crippen LogP contribution is -2.51. The van der Waals surface area contributed by atoms with Gasteiger partial charge in [-0.2, -0.15) is 0 Å². The topological polar surface area (TPSA) is 66.6 Å². The molecule has 3 N–H and O–H groups in total. The van der Waals surface area contributed by atoms with Crippen molar-refractivity contribution in [3.05, 3.63) is 0 Å². The highest BCUT2D eigenvalue weighted by Gasteiger charge is 2.29. The maximum atomic E-state index is 10.3. The van der Waals surface area contributed by atoms with Crippen LogP contribution in [0.4, 0.5) is 0 Å². The first kappa shape index (κ1) is 8.39. The third kappa shape index (κ3) is 1.65. The van der Waals surface area contributed by atoms with Crippen LogP contribution in [0.3, 0.4) is 0 Å².